The second-order valence-electron chi connectivity index (χ2n) is 5.02. The zero-order valence-electron chi connectivity index (χ0n) is 12.3. The maximum absolute atomic E-state index is 11.8. The summed E-state index contributed by atoms with van der Waals surface area (Å²) in [7, 11) is 0. The van der Waals surface area contributed by atoms with Crippen LogP contribution < -0.4 is 0 Å². The Morgan fingerprint density at radius 2 is 1.61 bits per heavy atom. The fraction of sp³-hybridized carbons (Fsp3) is 0.867. The topological polar surface area (TPSA) is 43.4 Å². The Bertz CT molecular complexity index is 248. The van der Waals surface area contributed by atoms with Gasteiger partial charge < -0.3 is 4.74 Å². The zero-order chi connectivity index (χ0) is 14.0. The highest BCUT2D eigenvalue weighted by Crippen LogP contribution is 2.16. The van der Waals surface area contributed by atoms with Crippen molar-refractivity contribution in [1.82, 2.24) is 0 Å². The predicted octanol–water partition coefficient (Wildman–Crippen LogP) is 3.75. The van der Waals surface area contributed by atoms with Crippen molar-refractivity contribution in [3.8, 4) is 0 Å². The second-order valence-corrected chi connectivity index (χ2v) is 5.02. The molecular formula is C15H28O3. The number of carbonyl (C=O) groups excluding carboxylic acids is 2. The van der Waals surface area contributed by atoms with E-state index in [1.807, 2.05) is 13.8 Å². The number of Topliss-reactive ketones (excluding diaryl/α,β-unsaturated/α-hetero) is 1. The van der Waals surface area contributed by atoms with Crippen molar-refractivity contribution < 1.29 is 14.3 Å². The SMILES string of the molecule is CCCCCCOC(=O)C(C)C(C)C(=O)CCC. The van der Waals surface area contributed by atoms with E-state index in [1.165, 1.54) is 12.8 Å². The molecule has 0 spiro atoms. The van der Waals surface area contributed by atoms with Crippen molar-refractivity contribution >= 4 is 11.8 Å². The van der Waals surface area contributed by atoms with Gasteiger partial charge in [-0.25, -0.2) is 0 Å². The third kappa shape index (κ3) is 6.77. The van der Waals surface area contributed by atoms with Crippen LogP contribution in [0.1, 0.15) is 66.2 Å². The Morgan fingerprint density at radius 1 is 0.944 bits per heavy atom. The van der Waals surface area contributed by atoms with E-state index in [9.17, 15) is 9.59 Å². The molecule has 0 rings (SSSR count). The van der Waals surface area contributed by atoms with Crippen LogP contribution in [0.5, 0.6) is 0 Å². The highest BCUT2D eigenvalue weighted by molar-refractivity contribution is 5.86. The lowest BCUT2D eigenvalue weighted by Gasteiger charge is -2.17. The molecular weight excluding hydrogens is 228 g/mol. The standard InChI is InChI=1S/C15H28O3/c1-5-7-8-9-11-18-15(17)13(4)12(3)14(16)10-6-2/h12-13H,5-11H2,1-4H3. The summed E-state index contributed by atoms with van der Waals surface area (Å²) >= 11 is 0. The van der Waals surface area contributed by atoms with Crippen molar-refractivity contribution in [2.45, 2.75) is 66.2 Å². The normalized spacial score (nSPS) is 14.0. The molecule has 3 heteroatoms. The van der Waals surface area contributed by atoms with Crippen molar-refractivity contribution in [2.75, 3.05) is 6.61 Å². The highest BCUT2D eigenvalue weighted by atomic mass is 16.5. The molecule has 106 valence electrons. The number of ketones is 1. The molecule has 0 aromatic heterocycles. The molecule has 0 heterocycles. The van der Waals surface area contributed by atoms with Crippen LogP contribution in [0.3, 0.4) is 0 Å². The molecule has 0 bridgehead atoms. The third-order valence-electron chi connectivity index (χ3n) is 3.37. The quantitative estimate of drug-likeness (QED) is 0.441. The molecule has 0 aliphatic heterocycles. The summed E-state index contributed by atoms with van der Waals surface area (Å²) in [4.78, 5) is 23.4. The van der Waals surface area contributed by atoms with Gasteiger partial charge in [0, 0.05) is 12.3 Å². The van der Waals surface area contributed by atoms with Gasteiger partial charge in [-0.2, -0.15) is 0 Å². The monoisotopic (exact) mass is 256 g/mol. The van der Waals surface area contributed by atoms with Gasteiger partial charge in [0.25, 0.3) is 0 Å². The number of carbonyl (C=O) groups is 2. The van der Waals surface area contributed by atoms with Crippen LogP contribution in [0, 0.1) is 11.8 Å². The third-order valence-corrected chi connectivity index (χ3v) is 3.37. The van der Waals surface area contributed by atoms with Gasteiger partial charge in [-0.3, -0.25) is 9.59 Å². The average molecular weight is 256 g/mol. The van der Waals surface area contributed by atoms with E-state index < -0.39 is 0 Å². The number of esters is 1. The Morgan fingerprint density at radius 3 is 2.17 bits per heavy atom. The molecule has 0 fully saturated rings. The van der Waals surface area contributed by atoms with Crippen LogP contribution in [0.4, 0.5) is 0 Å². The summed E-state index contributed by atoms with van der Waals surface area (Å²) in [6.07, 6.45) is 5.76. The Kier molecular flexibility index (Phi) is 9.62. The smallest absolute Gasteiger partial charge is 0.309 e. The molecule has 0 aromatic rings. The van der Waals surface area contributed by atoms with Crippen molar-refractivity contribution in [3.05, 3.63) is 0 Å². The molecule has 3 nitrogen and oxygen atoms in total. The summed E-state index contributed by atoms with van der Waals surface area (Å²) in [5.41, 5.74) is 0. The molecule has 0 amide bonds. The summed E-state index contributed by atoms with van der Waals surface area (Å²) in [5, 5.41) is 0. The molecule has 0 saturated heterocycles. The predicted molar refractivity (Wildman–Crippen MR) is 73.3 cm³/mol. The van der Waals surface area contributed by atoms with Gasteiger partial charge in [-0.1, -0.05) is 47.0 Å². The van der Waals surface area contributed by atoms with Crippen LogP contribution in [-0.2, 0) is 14.3 Å². The van der Waals surface area contributed by atoms with E-state index >= 15 is 0 Å². The summed E-state index contributed by atoms with van der Waals surface area (Å²) < 4.78 is 5.21. The Hall–Kier alpha value is -0.860. The number of hydrogen-bond acceptors (Lipinski definition) is 3. The number of hydrogen-bond donors (Lipinski definition) is 0. The Labute approximate surface area is 111 Å². The zero-order valence-corrected chi connectivity index (χ0v) is 12.3. The number of unbranched alkanes of at least 4 members (excludes halogenated alkanes) is 3. The van der Waals surface area contributed by atoms with Gasteiger partial charge in [0.15, 0.2) is 0 Å². The molecule has 0 aliphatic rings. The van der Waals surface area contributed by atoms with Crippen molar-refractivity contribution in [3.63, 3.8) is 0 Å². The summed E-state index contributed by atoms with van der Waals surface area (Å²) in [6, 6.07) is 0. The minimum absolute atomic E-state index is 0.160. The molecule has 2 atom stereocenters. The van der Waals surface area contributed by atoms with Gasteiger partial charge in [0.05, 0.1) is 12.5 Å². The largest absolute Gasteiger partial charge is 0.465 e. The molecule has 2 unspecified atom stereocenters. The lowest BCUT2D eigenvalue weighted by atomic mass is 9.90. The van der Waals surface area contributed by atoms with Crippen LogP contribution in [0.15, 0.2) is 0 Å². The van der Waals surface area contributed by atoms with E-state index in [0.29, 0.717) is 13.0 Å². The second kappa shape index (κ2) is 10.1. The molecule has 0 radical (unpaired) electrons. The van der Waals surface area contributed by atoms with E-state index in [0.717, 1.165) is 19.3 Å². The van der Waals surface area contributed by atoms with Gasteiger partial charge in [0.2, 0.25) is 0 Å². The van der Waals surface area contributed by atoms with E-state index in [2.05, 4.69) is 6.92 Å². The van der Waals surface area contributed by atoms with E-state index in [4.69, 9.17) is 4.74 Å². The molecule has 0 saturated carbocycles. The number of ether oxygens (including phenoxy) is 1. The molecule has 0 N–H and O–H groups in total. The lowest BCUT2D eigenvalue weighted by molar-refractivity contribution is -0.151. The molecule has 18 heavy (non-hydrogen) atoms. The first kappa shape index (κ1) is 17.1. The minimum atomic E-state index is -0.324. The van der Waals surface area contributed by atoms with E-state index in [-0.39, 0.29) is 23.6 Å². The fourth-order valence-electron chi connectivity index (χ4n) is 1.79. The van der Waals surface area contributed by atoms with Crippen molar-refractivity contribution in [1.29, 1.82) is 0 Å². The average Bonchev–Trinajstić information content (AvgIpc) is 2.36. The van der Waals surface area contributed by atoms with Gasteiger partial charge in [0.1, 0.15) is 5.78 Å². The first-order chi connectivity index (χ1) is 8.54. The van der Waals surface area contributed by atoms with Gasteiger partial charge >= 0.3 is 5.97 Å². The Balaban J connectivity index is 3.90. The first-order valence-corrected chi connectivity index (χ1v) is 7.23. The van der Waals surface area contributed by atoms with Gasteiger partial charge in [-0.15, -0.1) is 0 Å². The van der Waals surface area contributed by atoms with E-state index in [1.54, 1.807) is 6.92 Å². The fourth-order valence-corrected chi connectivity index (χ4v) is 1.79. The number of rotatable bonds is 10. The first-order valence-electron chi connectivity index (χ1n) is 7.23. The highest BCUT2D eigenvalue weighted by Gasteiger charge is 2.26. The lowest BCUT2D eigenvalue weighted by Crippen LogP contribution is -2.27. The molecule has 0 aliphatic carbocycles. The van der Waals surface area contributed by atoms with Crippen LogP contribution in [0.2, 0.25) is 0 Å². The van der Waals surface area contributed by atoms with Crippen molar-refractivity contribution in [2.24, 2.45) is 11.8 Å². The van der Waals surface area contributed by atoms with Crippen LogP contribution in [-0.4, -0.2) is 18.4 Å². The van der Waals surface area contributed by atoms with Crippen LogP contribution >= 0.6 is 0 Å². The van der Waals surface area contributed by atoms with Gasteiger partial charge in [-0.05, 0) is 12.8 Å². The maximum Gasteiger partial charge on any atom is 0.309 e. The summed E-state index contributed by atoms with van der Waals surface area (Å²) in [6.45, 7) is 8.21. The molecule has 0 aromatic carbocycles. The summed E-state index contributed by atoms with van der Waals surface area (Å²) in [5.74, 6) is -0.625. The van der Waals surface area contributed by atoms with Crippen LogP contribution in [0.25, 0.3) is 0 Å². The maximum atomic E-state index is 11.8. The minimum Gasteiger partial charge on any atom is -0.465 e.